The average Bonchev–Trinajstić information content (AvgIpc) is 3.63. The van der Waals surface area contributed by atoms with Crippen LogP contribution < -0.4 is 20.2 Å². The van der Waals surface area contributed by atoms with Crippen molar-refractivity contribution in [3.05, 3.63) is 110 Å². The highest BCUT2D eigenvalue weighted by Gasteiger charge is 2.18. The molecule has 0 fully saturated rings. The second kappa shape index (κ2) is 13.0. The van der Waals surface area contributed by atoms with Crippen LogP contribution in [0, 0.1) is 0 Å². The highest BCUT2D eigenvalue weighted by Crippen LogP contribution is 2.37. The van der Waals surface area contributed by atoms with Crippen molar-refractivity contribution in [3.63, 3.8) is 0 Å². The number of benzene rings is 3. The Labute approximate surface area is 257 Å². The molecule has 42 heavy (non-hydrogen) atoms. The molecular formula is C30H21BrClN3O6S. The van der Waals surface area contributed by atoms with E-state index >= 15 is 0 Å². The van der Waals surface area contributed by atoms with Crippen LogP contribution in [0.2, 0.25) is 5.02 Å². The summed E-state index contributed by atoms with van der Waals surface area (Å²) >= 11 is 11.2. The van der Waals surface area contributed by atoms with E-state index in [0.29, 0.717) is 39.1 Å². The normalized spacial score (nSPS) is 11.0. The number of carbonyl (C=O) groups excluding carboxylic acids is 3. The lowest BCUT2D eigenvalue weighted by Gasteiger charge is -2.10. The number of carbonyl (C=O) groups is 3. The van der Waals surface area contributed by atoms with Gasteiger partial charge in [0.15, 0.2) is 11.5 Å². The van der Waals surface area contributed by atoms with Crippen LogP contribution in [0.1, 0.15) is 43.1 Å². The van der Waals surface area contributed by atoms with Crippen LogP contribution in [0.15, 0.2) is 93.1 Å². The van der Waals surface area contributed by atoms with Crippen molar-refractivity contribution < 1.29 is 28.3 Å². The summed E-state index contributed by atoms with van der Waals surface area (Å²) in [6.07, 6.45) is 2.81. The summed E-state index contributed by atoms with van der Waals surface area (Å²) in [5, 5.41) is 8.02. The van der Waals surface area contributed by atoms with Crippen LogP contribution in [0.3, 0.4) is 0 Å². The summed E-state index contributed by atoms with van der Waals surface area (Å²) in [5.74, 6) is -0.833. The predicted molar refractivity (Wildman–Crippen MR) is 165 cm³/mol. The molecule has 0 unspecified atom stereocenters. The Morgan fingerprint density at radius 2 is 1.83 bits per heavy atom. The van der Waals surface area contributed by atoms with Crippen molar-refractivity contribution in [3.8, 4) is 11.5 Å². The maximum atomic E-state index is 12.8. The minimum absolute atomic E-state index is 0.0651. The van der Waals surface area contributed by atoms with Crippen molar-refractivity contribution in [1.29, 1.82) is 0 Å². The minimum Gasteiger partial charge on any atom is -0.490 e. The van der Waals surface area contributed by atoms with E-state index in [1.54, 1.807) is 55.5 Å². The van der Waals surface area contributed by atoms with Crippen molar-refractivity contribution in [2.24, 2.45) is 5.10 Å². The molecule has 5 rings (SSSR count). The van der Waals surface area contributed by atoms with E-state index in [-0.39, 0.29) is 17.4 Å². The molecule has 0 atom stereocenters. The second-order valence-corrected chi connectivity index (χ2v) is 11.0. The van der Waals surface area contributed by atoms with E-state index in [1.807, 2.05) is 18.2 Å². The van der Waals surface area contributed by atoms with Gasteiger partial charge in [-0.25, -0.2) is 10.2 Å². The Balaban J connectivity index is 1.19. The molecule has 12 heteroatoms. The van der Waals surface area contributed by atoms with Gasteiger partial charge >= 0.3 is 5.97 Å². The Kier molecular flexibility index (Phi) is 9.01. The number of nitrogens with one attached hydrogen (secondary N) is 2. The number of fused-ring (bicyclic) bond motifs is 1. The summed E-state index contributed by atoms with van der Waals surface area (Å²) in [5.41, 5.74) is 3.90. The molecule has 2 amide bonds. The summed E-state index contributed by atoms with van der Waals surface area (Å²) in [7, 11) is 0. The van der Waals surface area contributed by atoms with E-state index in [1.165, 1.54) is 29.9 Å². The highest BCUT2D eigenvalue weighted by molar-refractivity contribution is 9.10. The number of rotatable bonds is 9. The number of ether oxygens (including phenoxy) is 2. The topological polar surface area (TPSA) is 119 Å². The van der Waals surface area contributed by atoms with Crippen molar-refractivity contribution in [1.82, 2.24) is 5.43 Å². The smallest absolute Gasteiger partial charge is 0.379 e. The molecule has 0 saturated heterocycles. The van der Waals surface area contributed by atoms with Gasteiger partial charge in [-0.05, 0) is 79.2 Å². The molecule has 0 spiro atoms. The SMILES string of the molecule is CCOc1cc(/C=N\NC(=O)c2ccc(NC(=O)c3sc4cc(Br)ccc4c3Cl)cc2)ccc1OC(=O)c1ccco1. The summed E-state index contributed by atoms with van der Waals surface area (Å²) in [6, 6.07) is 19.9. The van der Waals surface area contributed by atoms with Crippen LogP contribution in [-0.2, 0) is 0 Å². The monoisotopic (exact) mass is 665 g/mol. The predicted octanol–water partition coefficient (Wildman–Crippen LogP) is 7.54. The van der Waals surface area contributed by atoms with Crippen molar-refractivity contribution in [2.45, 2.75) is 6.92 Å². The van der Waals surface area contributed by atoms with Gasteiger partial charge in [0, 0.05) is 25.8 Å². The zero-order valence-electron chi connectivity index (χ0n) is 21.9. The zero-order valence-corrected chi connectivity index (χ0v) is 25.0. The first-order valence-corrected chi connectivity index (χ1v) is 14.5. The molecular weight excluding hydrogens is 646 g/mol. The Morgan fingerprint density at radius 1 is 1.02 bits per heavy atom. The first-order chi connectivity index (χ1) is 20.3. The number of hydrogen-bond acceptors (Lipinski definition) is 8. The molecule has 212 valence electrons. The number of amides is 2. The molecule has 0 bridgehead atoms. The van der Waals surface area contributed by atoms with Crippen LogP contribution >= 0.6 is 38.9 Å². The first-order valence-electron chi connectivity index (χ1n) is 12.5. The Morgan fingerprint density at radius 3 is 2.57 bits per heavy atom. The van der Waals surface area contributed by atoms with Crippen LogP contribution in [0.25, 0.3) is 10.1 Å². The van der Waals surface area contributed by atoms with Gasteiger partial charge in [-0.3, -0.25) is 9.59 Å². The van der Waals surface area contributed by atoms with Crippen LogP contribution in [-0.4, -0.2) is 30.6 Å². The van der Waals surface area contributed by atoms with Crippen LogP contribution in [0.5, 0.6) is 11.5 Å². The molecule has 5 aromatic rings. The number of thiophene rings is 1. The van der Waals surface area contributed by atoms with E-state index in [9.17, 15) is 14.4 Å². The van der Waals surface area contributed by atoms with Gasteiger partial charge in [0.25, 0.3) is 11.8 Å². The standard InChI is InChI=1S/C30H21BrClN3O6S/c1-2-39-24-14-17(5-12-22(24)41-30(38)23-4-3-13-40-23)16-33-35-28(36)18-6-9-20(10-7-18)34-29(37)27-26(32)21-11-8-19(31)15-25(21)42-27/h3-16H,2H2,1H3,(H,34,37)(H,35,36)/b33-16-. The molecule has 2 heterocycles. The van der Waals surface area contributed by atoms with E-state index < -0.39 is 11.9 Å². The third-order valence-electron chi connectivity index (χ3n) is 5.78. The quantitative estimate of drug-likeness (QED) is 0.0726. The molecule has 2 N–H and O–H groups in total. The van der Waals surface area contributed by atoms with Crippen LogP contribution in [0.4, 0.5) is 5.69 Å². The minimum atomic E-state index is -0.655. The zero-order chi connectivity index (χ0) is 29.6. The summed E-state index contributed by atoms with van der Waals surface area (Å²) in [6.45, 7) is 2.14. The Bertz CT molecular complexity index is 1800. The molecule has 0 saturated carbocycles. The average molecular weight is 667 g/mol. The van der Waals surface area contributed by atoms with Gasteiger partial charge in [0.1, 0.15) is 4.88 Å². The van der Waals surface area contributed by atoms with Gasteiger partial charge in [-0.15, -0.1) is 11.3 Å². The van der Waals surface area contributed by atoms with Gasteiger partial charge in [-0.2, -0.15) is 5.10 Å². The Hall–Kier alpha value is -4.45. The number of hydrogen-bond donors (Lipinski definition) is 2. The molecule has 0 radical (unpaired) electrons. The summed E-state index contributed by atoms with van der Waals surface area (Å²) < 4.78 is 17.8. The van der Waals surface area contributed by atoms with E-state index in [2.05, 4.69) is 31.8 Å². The maximum absolute atomic E-state index is 12.8. The molecule has 0 aliphatic heterocycles. The fourth-order valence-electron chi connectivity index (χ4n) is 3.81. The van der Waals surface area contributed by atoms with E-state index in [0.717, 1.165) is 14.6 Å². The lowest BCUT2D eigenvalue weighted by atomic mass is 10.2. The number of furan rings is 1. The largest absolute Gasteiger partial charge is 0.490 e. The highest BCUT2D eigenvalue weighted by atomic mass is 79.9. The lowest BCUT2D eigenvalue weighted by Crippen LogP contribution is -2.17. The number of anilines is 1. The van der Waals surface area contributed by atoms with Gasteiger partial charge in [0.2, 0.25) is 5.76 Å². The molecule has 2 aromatic heterocycles. The maximum Gasteiger partial charge on any atom is 0.379 e. The molecule has 0 aliphatic rings. The number of nitrogens with zero attached hydrogens (tertiary/aromatic N) is 1. The number of hydrazone groups is 1. The van der Waals surface area contributed by atoms with E-state index in [4.69, 9.17) is 25.5 Å². The fourth-order valence-corrected chi connectivity index (χ4v) is 5.77. The van der Waals surface area contributed by atoms with Gasteiger partial charge < -0.3 is 19.2 Å². The second-order valence-electron chi connectivity index (χ2n) is 8.62. The lowest BCUT2D eigenvalue weighted by molar-refractivity contribution is 0.0694. The number of halogens is 2. The first kappa shape index (κ1) is 29.1. The fraction of sp³-hybridized carbons (Fsp3) is 0.0667. The molecule has 0 aliphatic carbocycles. The number of esters is 1. The van der Waals surface area contributed by atoms with Gasteiger partial charge in [-0.1, -0.05) is 33.6 Å². The molecule has 9 nitrogen and oxygen atoms in total. The summed E-state index contributed by atoms with van der Waals surface area (Å²) in [4.78, 5) is 38.1. The molecule has 3 aromatic carbocycles. The third-order valence-corrected chi connectivity index (χ3v) is 7.92. The third kappa shape index (κ3) is 6.71. The van der Waals surface area contributed by atoms with Crippen molar-refractivity contribution >= 4 is 78.6 Å². The van der Waals surface area contributed by atoms with Crippen molar-refractivity contribution in [2.75, 3.05) is 11.9 Å². The van der Waals surface area contributed by atoms with Gasteiger partial charge in [0.05, 0.1) is 24.1 Å².